The van der Waals surface area contributed by atoms with Crippen LogP contribution in [0.3, 0.4) is 0 Å². The summed E-state index contributed by atoms with van der Waals surface area (Å²) in [5, 5.41) is 18.2. The van der Waals surface area contributed by atoms with E-state index in [0.717, 1.165) is 0 Å². The average molecular weight is 195 g/mol. The zero-order chi connectivity index (χ0) is 10.6. The number of ketones is 1. The van der Waals surface area contributed by atoms with E-state index < -0.39 is 12.7 Å². The van der Waals surface area contributed by atoms with Crippen LogP contribution in [0.2, 0.25) is 0 Å². The van der Waals surface area contributed by atoms with Crippen molar-refractivity contribution in [3.63, 3.8) is 0 Å². The minimum absolute atomic E-state index is 0.102. The van der Waals surface area contributed by atoms with Crippen molar-refractivity contribution >= 4 is 5.78 Å². The maximum atomic E-state index is 11.3. The number of aliphatic hydroxyl groups excluding tert-OH is 2. The predicted octanol–water partition coefficient (Wildman–Crippen LogP) is -0.146. The van der Waals surface area contributed by atoms with E-state index in [1.54, 1.807) is 24.3 Å². The highest BCUT2D eigenvalue weighted by molar-refractivity contribution is 5.98. The molecule has 0 aliphatic rings. The summed E-state index contributed by atoms with van der Waals surface area (Å²) < 4.78 is 0. The first-order chi connectivity index (χ1) is 6.70. The van der Waals surface area contributed by atoms with E-state index in [-0.39, 0.29) is 12.3 Å². The highest BCUT2D eigenvalue weighted by atomic mass is 16.3. The van der Waals surface area contributed by atoms with Gasteiger partial charge in [0.05, 0.1) is 13.2 Å². The van der Waals surface area contributed by atoms with Crippen LogP contribution in [-0.2, 0) is 0 Å². The first-order valence-corrected chi connectivity index (χ1v) is 4.31. The van der Waals surface area contributed by atoms with Crippen molar-refractivity contribution in [2.24, 2.45) is 5.73 Å². The van der Waals surface area contributed by atoms with Crippen LogP contribution >= 0.6 is 0 Å². The van der Waals surface area contributed by atoms with E-state index in [2.05, 4.69) is 0 Å². The van der Waals surface area contributed by atoms with Crippen molar-refractivity contribution < 1.29 is 15.0 Å². The predicted molar refractivity (Wildman–Crippen MR) is 51.9 cm³/mol. The van der Waals surface area contributed by atoms with Gasteiger partial charge in [0.1, 0.15) is 6.10 Å². The summed E-state index contributed by atoms with van der Waals surface area (Å²) >= 11 is 0. The molecular formula is C10H13NO3. The van der Waals surface area contributed by atoms with E-state index in [4.69, 9.17) is 10.8 Å². The Morgan fingerprint density at radius 3 is 2.64 bits per heavy atom. The molecule has 0 spiro atoms. The maximum absolute atomic E-state index is 11.3. The van der Waals surface area contributed by atoms with E-state index in [1.165, 1.54) is 0 Å². The summed E-state index contributed by atoms with van der Waals surface area (Å²) in [4.78, 5) is 11.3. The fourth-order valence-electron chi connectivity index (χ4n) is 1.25. The van der Waals surface area contributed by atoms with Gasteiger partial charge in [-0.2, -0.15) is 0 Å². The molecule has 1 atom stereocenters. The molecule has 0 radical (unpaired) electrons. The van der Waals surface area contributed by atoms with Crippen molar-refractivity contribution in [3.05, 3.63) is 35.4 Å². The number of benzene rings is 1. The number of hydrogen-bond acceptors (Lipinski definition) is 4. The van der Waals surface area contributed by atoms with Crippen molar-refractivity contribution in [2.75, 3.05) is 13.2 Å². The van der Waals surface area contributed by atoms with Gasteiger partial charge in [0.15, 0.2) is 5.78 Å². The Morgan fingerprint density at radius 1 is 1.43 bits per heavy atom. The van der Waals surface area contributed by atoms with Crippen LogP contribution in [-0.4, -0.2) is 29.1 Å². The Labute approximate surface area is 82.0 Å². The Balaban J connectivity index is 3.09. The molecule has 0 heterocycles. The molecule has 0 amide bonds. The summed E-state index contributed by atoms with van der Waals surface area (Å²) in [6.45, 7) is -0.510. The third-order valence-electron chi connectivity index (χ3n) is 1.98. The second-order valence-electron chi connectivity index (χ2n) is 2.91. The first-order valence-electron chi connectivity index (χ1n) is 4.31. The van der Waals surface area contributed by atoms with Gasteiger partial charge in [0.2, 0.25) is 0 Å². The first kappa shape index (κ1) is 10.8. The Hall–Kier alpha value is -1.23. The maximum Gasteiger partial charge on any atom is 0.176 e. The fourth-order valence-corrected chi connectivity index (χ4v) is 1.25. The Kier molecular flexibility index (Phi) is 3.76. The SMILES string of the molecule is NCC(=O)c1ccccc1C(O)CO. The molecule has 0 aliphatic heterocycles. The summed E-state index contributed by atoms with van der Waals surface area (Å²) in [6.07, 6.45) is -1.03. The second-order valence-corrected chi connectivity index (χ2v) is 2.91. The Morgan fingerprint density at radius 2 is 2.07 bits per heavy atom. The molecule has 0 aliphatic carbocycles. The molecular weight excluding hydrogens is 182 g/mol. The van der Waals surface area contributed by atoms with Crippen molar-refractivity contribution in [1.82, 2.24) is 0 Å². The summed E-state index contributed by atoms with van der Waals surface area (Å²) in [5.74, 6) is -0.242. The number of carbonyl (C=O) groups is 1. The monoisotopic (exact) mass is 195 g/mol. The highest BCUT2D eigenvalue weighted by Crippen LogP contribution is 2.17. The number of hydrogen-bond donors (Lipinski definition) is 3. The van der Waals surface area contributed by atoms with Gasteiger partial charge in [-0.3, -0.25) is 4.79 Å². The smallest absolute Gasteiger partial charge is 0.176 e. The lowest BCUT2D eigenvalue weighted by Crippen LogP contribution is -2.17. The lowest BCUT2D eigenvalue weighted by atomic mass is 9.99. The summed E-state index contributed by atoms with van der Waals surface area (Å²) in [5.41, 5.74) is 6.01. The minimum atomic E-state index is -1.03. The van der Waals surface area contributed by atoms with Crippen LogP contribution in [0.25, 0.3) is 0 Å². The largest absolute Gasteiger partial charge is 0.393 e. The van der Waals surface area contributed by atoms with Crippen LogP contribution in [0.5, 0.6) is 0 Å². The lowest BCUT2D eigenvalue weighted by Gasteiger charge is -2.11. The molecule has 1 unspecified atom stereocenters. The van der Waals surface area contributed by atoms with E-state index >= 15 is 0 Å². The normalized spacial score (nSPS) is 12.5. The molecule has 0 saturated carbocycles. The van der Waals surface area contributed by atoms with Crippen molar-refractivity contribution in [2.45, 2.75) is 6.10 Å². The van der Waals surface area contributed by atoms with Crippen molar-refractivity contribution in [1.29, 1.82) is 0 Å². The molecule has 76 valence electrons. The van der Waals surface area contributed by atoms with Crippen molar-refractivity contribution in [3.8, 4) is 0 Å². The summed E-state index contributed by atoms with van der Waals surface area (Å²) in [7, 11) is 0. The van der Waals surface area contributed by atoms with Crippen LogP contribution < -0.4 is 5.73 Å². The number of Topliss-reactive ketones (excluding diaryl/α,β-unsaturated/α-hetero) is 1. The minimum Gasteiger partial charge on any atom is -0.393 e. The summed E-state index contributed by atoms with van der Waals surface area (Å²) in [6, 6.07) is 6.57. The average Bonchev–Trinajstić information content (AvgIpc) is 2.27. The molecule has 1 rings (SSSR count). The van der Waals surface area contributed by atoms with Crippen LogP contribution in [0.1, 0.15) is 22.0 Å². The van der Waals surface area contributed by atoms with Gasteiger partial charge >= 0.3 is 0 Å². The van der Waals surface area contributed by atoms with Gasteiger partial charge < -0.3 is 15.9 Å². The standard InChI is InChI=1S/C10H13NO3/c11-5-9(13)7-3-1-2-4-8(7)10(14)6-12/h1-4,10,12,14H,5-6,11H2. The molecule has 4 nitrogen and oxygen atoms in total. The van der Waals surface area contributed by atoms with Gasteiger partial charge in [-0.25, -0.2) is 0 Å². The molecule has 1 aromatic rings. The molecule has 0 aromatic heterocycles. The van der Waals surface area contributed by atoms with Gasteiger partial charge in [0.25, 0.3) is 0 Å². The van der Waals surface area contributed by atoms with E-state index in [9.17, 15) is 9.90 Å². The quantitative estimate of drug-likeness (QED) is 0.583. The van der Waals surface area contributed by atoms with Crippen LogP contribution in [0.4, 0.5) is 0 Å². The van der Waals surface area contributed by atoms with Gasteiger partial charge in [-0.1, -0.05) is 24.3 Å². The molecule has 4 heteroatoms. The number of rotatable bonds is 4. The zero-order valence-electron chi connectivity index (χ0n) is 7.68. The lowest BCUT2D eigenvalue weighted by molar-refractivity contribution is 0.0907. The molecule has 0 bridgehead atoms. The van der Waals surface area contributed by atoms with E-state index in [1.807, 2.05) is 0 Å². The number of aliphatic hydroxyl groups is 2. The number of carbonyl (C=O) groups excluding carboxylic acids is 1. The number of nitrogens with two attached hydrogens (primary N) is 1. The third-order valence-corrected chi connectivity index (χ3v) is 1.98. The third kappa shape index (κ3) is 2.17. The molecule has 0 saturated heterocycles. The molecule has 4 N–H and O–H groups in total. The van der Waals surface area contributed by atoms with Crippen LogP contribution in [0, 0.1) is 0 Å². The van der Waals surface area contributed by atoms with Crippen LogP contribution in [0.15, 0.2) is 24.3 Å². The van der Waals surface area contributed by atoms with E-state index in [0.29, 0.717) is 11.1 Å². The Bertz CT molecular complexity index is 325. The molecule has 1 aromatic carbocycles. The van der Waals surface area contributed by atoms with Gasteiger partial charge in [0, 0.05) is 5.56 Å². The highest BCUT2D eigenvalue weighted by Gasteiger charge is 2.14. The molecule has 14 heavy (non-hydrogen) atoms. The van der Waals surface area contributed by atoms with Gasteiger partial charge in [-0.15, -0.1) is 0 Å². The fraction of sp³-hybridized carbons (Fsp3) is 0.300. The zero-order valence-corrected chi connectivity index (χ0v) is 7.68. The molecule has 0 fully saturated rings. The topological polar surface area (TPSA) is 83.6 Å². The van der Waals surface area contributed by atoms with Gasteiger partial charge in [-0.05, 0) is 5.56 Å². The second kappa shape index (κ2) is 4.85.